The highest BCUT2D eigenvalue weighted by Gasteiger charge is 2.44. The number of rotatable bonds is 3. The van der Waals surface area contributed by atoms with Crippen molar-refractivity contribution in [1.29, 1.82) is 0 Å². The zero-order valence-electron chi connectivity index (χ0n) is 17.8. The SMILES string of the molecule is O=c1c2ccccc2c(=O)n2n1[C@@H](c1ccccc1)P(c1ccccc1)[C@@H]2c1ccccc1. The highest BCUT2D eigenvalue weighted by Crippen LogP contribution is 2.64. The summed E-state index contributed by atoms with van der Waals surface area (Å²) in [5.41, 5.74) is 1.83. The Kier molecular flexibility index (Phi) is 4.82. The van der Waals surface area contributed by atoms with Gasteiger partial charge in [0.25, 0.3) is 11.1 Å². The molecule has 0 radical (unpaired) electrons. The second-order valence-electron chi connectivity index (χ2n) is 8.16. The Hall–Kier alpha value is -3.75. The van der Waals surface area contributed by atoms with Gasteiger partial charge in [0.2, 0.25) is 0 Å². The third kappa shape index (κ3) is 3.10. The van der Waals surface area contributed by atoms with Crippen LogP contribution in [0.4, 0.5) is 0 Å². The molecule has 160 valence electrons. The molecule has 1 aliphatic heterocycles. The Bertz CT molecular complexity index is 1460. The molecule has 33 heavy (non-hydrogen) atoms. The second kappa shape index (κ2) is 7.99. The van der Waals surface area contributed by atoms with Crippen LogP contribution in [0.3, 0.4) is 0 Å². The van der Waals surface area contributed by atoms with Crippen LogP contribution in [-0.4, -0.2) is 9.36 Å². The van der Waals surface area contributed by atoms with Crippen LogP contribution < -0.4 is 16.4 Å². The summed E-state index contributed by atoms with van der Waals surface area (Å²) in [6.45, 7) is 0. The Morgan fingerprint density at radius 1 is 0.485 bits per heavy atom. The molecule has 2 atom stereocenters. The van der Waals surface area contributed by atoms with E-state index in [1.54, 1.807) is 21.5 Å². The predicted molar refractivity (Wildman–Crippen MR) is 135 cm³/mol. The molecule has 0 aliphatic carbocycles. The van der Waals surface area contributed by atoms with Gasteiger partial charge < -0.3 is 0 Å². The zero-order chi connectivity index (χ0) is 22.4. The lowest BCUT2D eigenvalue weighted by Gasteiger charge is -2.25. The van der Waals surface area contributed by atoms with Crippen molar-refractivity contribution in [3.8, 4) is 0 Å². The van der Waals surface area contributed by atoms with Gasteiger partial charge in [0.1, 0.15) is 11.6 Å². The summed E-state index contributed by atoms with van der Waals surface area (Å²) in [6, 6.07) is 37.7. The molecule has 1 aliphatic rings. The molecule has 0 amide bonds. The van der Waals surface area contributed by atoms with Gasteiger partial charge in [0.15, 0.2) is 0 Å². The highest BCUT2D eigenvalue weighted by molar-refractivity contribution is 7.66. The molecular weight excluding hydrogens is 427 g/mol. The van der Waals surface area contributed by atoms with Crippen molar-refractivity contribution in [2.45, 2.75) is 11.6 Å². The van der Waals surface area contributed by atoms with Crippen LogP contribution >= 0.6 is 7.92 Å². The normalized spacial score (nSPS) is 17.8. The average Bonchev–Trinajstić information content (AvgIpc) is 3.25. The molecule has 0 unspecified atom stereocenters. The van der Waals surface area contributed by atoms with E-state index in [9.17, 15) is 9.59 Å². The van der Waals surface area contributed by atoms with Crippen LogP contribution in [-0.2, 0) is 0 Å². The molecule has 0 N–H and O–H groups in total. The topological polar surface area (TPSA) is 44.0 Å². The minimum atomic E-state index is -1.02. The van der Waals surface area contributed by atoms with Crippen LogP contribution in [0.5, 0.6) is 0 Å². The number of benzene rings is 4. The third-order valence-electron chi connectivity index (χ3n) is 6.28. The molecule has 1 aromatic heterocycles. The first-order valence-electron chi connectivity index (χ1n) is 10.9. The standard InChI is InChI=1S/C28H21N2O2P/c31-25-23-18-10-11-19-24(23)26(32)30-28(21-14-6-2-7-15-21)33(22-16-8-3-9-17-22)27(29(25)30)20-12-4-1-5-13-20/h1-19,27-28H/t27-,28-/m1/s1. The number of fused-ring (bicyclic) bond motifs is 2. The largest absolute Gasteiger partial charge is 0.274 e. The second-order valence-corrected chi connectivity index (χ2v) is 10.5. The summed E-state index contributed by atoms with van der Waals surface area (Å²) in [5, 5.41) is 2.10. The highest BCUT2D eigenvalue weighted by atomic mass is 31.1. The van der Waals surface area contributed by atoms with Gasteiger partial charge in [0.05, 0.1) is 10.8 Å². The van der Waals surface area contributed by atoms with Crippen molar-refractivity contribution in [3.63, 3.8) is 0 Å². The van der Waals surface area contributed by atoms with Gasteiger partial charge in [-0.3, -0.25) is 9.59 Å². The van der Waals surface area contributed by atoms with Crippen molar-refractivity contribution in [2.24, 2.45) is 0 Å². The van der Waals surface area contributed by atoms with Gasteiger partial charge in [-0.15, -0.1) is 0 Å². The van der Waals surface area contributed by atoms with E-state index in [4.69, 9.17) is 0 Å². The molecule has 6 rings (SSSR count). The number of hydrogen-bond acceptors (Lipinski definition) is 2. The molecule has 0 fully saturated rings. The summed E-state index contributed by atoms with van der Waals surface area (Å²) < 4.78 is 3.47. The van der Waals surface area contributed by atoms with Gasteiger partial charge in [-0.05, 0) is 36.5 Å². The Morgan fingerprint density at radius 2 is 0.848 bits per heavy atom. The predicted octanol–water partition coefficient (Wildman–Crippen LogP) is 5.08. The van der Waals surface area contributed by atoms with E-state index in [1.807, 2.05) is 66.7 Å². The van der Waals surface area contributed by atoms with E-state index in [1.165, 1.54) is 0 Å². The Morgan fingerprint density at radius 3 is 1.27 bits per heavy atom. The Labute approximate surface area is 192 Å². The molecule has 0 bridgehead atoms. The number of nitrogens with zero attached hydrogens (tertiary/aromatic N) is 2. The van der Waals surface area contributed by atoms with Crippen molar-refractivity contribution in [2.75, 3.05) is 0 Å². The van der Waals surface area contributed by atoms with E-state index in [0.29, 0.717) is 10.8 Å². The molecule has 4 aromatic carbocycles. The molecule has 4 nitrogen and oxygen atoms in total. The van der Waals surface area contributed by atoms with Crippen LogP contribution in [0.15, 0.2) is 125 Å². The summed E-state index contributed by atoms with van der Waals surface area (Å²) in [4.78, 5) is 27.8. The smallest absolute Gasteiger partial charge is 0.267 e. The van der Waals surface area contributed by atoms with E-state index < -0.39 is 7.92 Å². The maximum atomic E-state index is 13.9. The van der Waals surface area contributed by atoms with E-state index in [-0.39, 0.29) is 22.7 Å². The average molecular weight is 448 g/mol. The van der Waals surface area contributed by atoms with Gasteiger partial charge in [-0.1, -0.05) is 103 Å². The van der Waals surface area contributed by atoms with Crippen LogP contribution in [0.2, 0.25) is 0 Å². The minimum Gasteiger partial charge on any atom is -0.267 e. The molecule has 0 spiro atoms. The summed E-state index contributed by atoms with van der Waals surface area (Å²) >= 11 is 0. The quantitative estimate of drug-likeness (QED) is 0.362. The summed E-state index contributed by atoms with van der Waals surface area (Å²) in [6.07, 6.45) is 0. The lowest BCUT2D eigenvalue weighted by atomic mass is 10.2. The fourth-order valence-corrected chi connectivity index (χ4v) is 8.10. The fraction of sp³-hybridized carbons (Fsp3) is 0.0714. The minimum absolute atomic E-state index is 0.124. The van der Waals surface area contributed by atoms with Gasteiger partial charge in [-0.25, -0.2) is 9.36 Å². The van der Waals surface area contributed by atoms with Crippen LogP contribution in [0, 0.1) is 0 Å². The molecular formula is C28H21N2O2P. The van der Waals surface area contributed by atoms with Crippen molar-refractivity contribution in [3.05, 3.63) is 147 Å². The number of hydrogen-bond donors (Lipinski definition) is 0. The first-order valence-corrected chi connectivity index (χ1v) is 12.4. The molecule has 5 heteroatoms. The van der Waals surface area contributed by atoms with Crippen LogP contribution in [0.1, 0.15) is 22.7 Å². The van der Waals surface area contributed by atoms with E-state index in [2.05, 4.69) is 36.4 Å². The third-order valence-corrected chi connectivity index (χ3v) is 9.26. The molecule has 2 heterocycles. The van der Waals surface area contributed by atoms with Gasteiger partial charge >= 0.3 is 0 Å². The number of aromatic nitrogens is 2. The van der Waals surface area contributed by atoms with Crippen molar-refractivity contribution in [1.82, 2.24) is 9.36 Å². The van der Waals surface area contributed by atoms with E-state index >= 15 is 0 Å². The Balaban J connectivity index is 1.77. The lowest BCUT2D eigenvalue weighted by molar-refractivity contribution is 0.494. The van der Waals surface area contributed by atoms with Gasteiger partial charge in [-0.2, -0.15) is 0 Å². The first kappa shape index (κ1) is 19.9. The summed E-state index contributed by atoms with van der Waals surface area (Å²) in [7, 11) is -1.02. The zero-order valence-corrected chi connectivity index (χ0v) is 18.7. The monoisotopic (exact) mass is 448 g/mol. The molecule has 5 aromatic rings. The van der Waals surface area contributed by atoms with E-state index in [0.717, 1.165) is 16.4 Å². The molecule has 0 saturated carbocycles. The summed E-state index contributed by atoms with van der Waals surface area (Å²) in [5.74, 6) is -0.503. The van der Waals surface area contributed by atoms with Crippen molar-refractivity contribution < 1.29 is 0 Å². The maximum absolute atomic E-state index is 13.9. The first-order chi connectivity index (χ1) is 16.3. The maximum Gasteiger partial charge on any atom is 0.274 e. The van der Waals surface area contributed by atoms with Crippen molar-refractivity contribution >= 4 is 24.0 Å². The lowest BCUT2D eigenvalue weighted by Crippen LogP contribution is -2.37. The van der Waals surface area contributed by atoms with Crippen LogP contribution in [0.25, 0.3) is 10.8 Å². The fourth-order valence-electron chi connectivity index (χ4n) is 4.86. The molecule has 0 saturated heterocycles. The van der Waals surface area contributed by atoms with Gasteiger partial charge in [0, 0.05) is 0 Å².